The first-order valence-electron chi connectivity index (χ1n) is 3.53. The van der Waals surface area contributed by atoms with Gasteiger partial charge in [-0.25, -0.2) is 9.18 Å². The van der Waals surface area contributed by atoms with Crippen LogP contribution >= 0.6 is 0 Å². The normalized spacial score (nSPS) is 12.7. The molecule has 0 saturated carbocycles. The van der Waals surface area contributed by atoms with Crippen LogP contribution in [0.25, 0.3) is 0 Å². The molecule has 0 aliphatic heterocycles. The first-order valence-corrected chi connectivity index (χ1v) is 3.53. The van der Waals surface area contributed by atoms with E-state index >= 15 is 0 Å². The third-order valence-electron chi connectivity index (χ3n) is 1.06. The van der Waals surface area contributed by atoms with E-state index in [0.717, 1.165) is 6.42 Å². The number of alkyl halides is 1. The Hall–Kier alpha value is -0.600. The maximum absolute atomic E-state index is 12.4. The van der Waals surface area contributed by atoms with Crippen LogP contribution in [0.15, 0.2) is 0 Å². The molecule has 1 atom stereocenters. The van der Waals surface area contributed by atoms with Gasteiger partial charge < -0.3 is 4.74 Å². The molecule has 0 aromatic carbocycles. The van der Waals surface area contributed by atoms with Crippen LogP contribution < -0.4 is 0 Å². The summed E-state index contributed by atoms with van der Waals surface area (Å²) < 4.78 is 16.9. The van der Waals surface area contributed by atoms with Crippen molar-refractivity contribution in [1.82, 2.24) is 0 Å². The van der Waals surface area contributed by atoms with Gasteiger partial charge in [-0.1, -0.05) is 13.8 Å². The molecule has 10 heavy (non-hydrogen) atoms. The van der Waals surface area contributed by atoms with Crippen LogP contribution in [0.4, 0.5) is 4.39 Å². The summed E-state index contributed by atoms with van der Waals surface area (Å²) in [7, 11) is 0. The summed E-state index contributed by atoms with van der Waals surface area (Å²) in [5, 5.41) is 0. The Morgan fingerprint density at radius 1 is 1.60 bits per heavy atom. The van der Waals surface area contributed by atoms with Gasteiger partial charge in [0, 0.05) is 0 Å². The van der Waals surface area contributed by atoms with Crippen LogP contribution in [0.5, 0.6) is 0 Å². The van der Waals surface area contributed by atoms with Gasteiger partial charge in [0.1, 0.15) is 0 Å². The van der Waals surface area contributed by atoms with Crippen molar-refractivity contribution < 1.29 is 13.9 Å². The molecule has 0 aliphatic rings. The predicted molar refractivity (Wildman–Crippen MR) is 36.4 cm³/mol. The molecule has 0 N–H and O–H groups in total. The van der Waals surface area contributed by atoms with E-state index in [1.165, 1.54) is 0 Å². The van der Waals surface area contributed by atoms with E-state index in [-0.39, 0.29) is 6.42 Å². The summed E-state index contributed by atoms with van der Waals surface area (Å²) in [6.45, 7) is 3.80. The van der Waals surface area contributed by atoms with E-state index in [0.29, 0.717) is 6.61 Å². The van der Waals surface area contributed by atoms with Gasteiger partial charge in [0.05, 0.1) is 6.61 Å². The average Bonchev–Trinajstić information content (AvgIpc) is 1.98. The van der Waals surface area contributed by atoms with E-state index in [9.17, 15) is 9.18 Å². The molecule has 0 radical (unpaired) electrons. The molecular weight excluding hydrogens is 135 g/mol. The number of hydrogen-bond donors (Lipinski definition) is 0. The maximum atomic E-state index is 12.4. The standard InChI is InChI=1S/C7H13FO2/c1-3-5-10-7(9)6(8)4-2/h6H,3-5H2,1-2H3. The second-order valence-corrected chi connectivity index (χ2v) is 2.04. The summed E-state index contributed by atoms with van der Waals surface area (Å²) >= 11 is 0. The fourth-order valence-electron chi connectivity index (χ4n) is 0.460. The Morgan fingerprint density at radius 2 is 2.20 bits per heavy atom. The lowest BCUT2D eigenvalue weighted by Gasteiger charge is -2.04. The number of carbonyl (C=O) groups is 1. The lowest BCUT2D eigenvalue weighted by molar-refractivity contribution is -0.149. The van der Waals surface area contributed by atoms with Crippen LogP contribution in [-0.2, 0) is 9.53 Å². The van der Waals surface area contributed by atoms with Gasteiger partial charge in [-0.05, 0) is 12.8 Å². The number of ether oxygens (including phenoxy) is 1. The highest BCUT2D eigenvalue weighted by Gasteiger charge is 2.14. The molecule has 60 valence electrons. The monoisotopic (exact) mass is 148 g/mol. The molecule has 0 aromatic heterocycles. The zero-order chi connectivity index (χ0) is 7.98. The van der Waals surface area contributed by atoms with Crippen LogP contribution in [0.2, 0.25) is 0 Å². The molecule has 0 saturated heterocycles. The quantitative estimate of drug-likeness (QED) is 0.567. The average molecular weight is 148 g/mol. The fraction of sp³-hybridized carbons (Fsp3) is 0.857. The van der Waals surface area contributed by atoms with Crippen molar-refractivity contribution in [3.05, 3.63) is 0 Å². The first kappa shape index (κ1) is 9.40. The number of carbonyl (C=O) groups excluding carboxylic acids is 1. The lowest BCUT2D eigenvalue weighted by Crippen LogP contribution is -2.18. The summed E-state index contributed by atoms with van der Waals surface area (Å²) in [6.07, 6.45) is -0.503. The summed E-state index contributed by atoms with van der Waals surface area (Å²) in [5.41, 5.74) is 0. The van der Waals surface area contributed by atoms with E-state index in [1.807, 2.05) is 6.92 Å². The fourth-order valence-corrected chi connectivity index (χ4v) is 0.460. The van der Waals surface area contributed by atoms with Crippen LogP contribution in [0.1, 0.15) is 26.7 Å². The predicted octanol–water partition coefficient (Wildman–Crippen LogP) is 1.69. The maximum Gasteiger partial charge on any atom is 0.340 e. The first-order chi connectivity index (χ1) is 4.72. The number of halogens is 1. The van der Waals surface area contributed by atoms with Gasteiger partial charge in [0.15, 0.2) is 6.17 Å². The molecule has 0 rings (SSSR count). The molecule has 0 amide bonds. The van der Waals surface area contributed by atoms with Gasteiger partial charge in [-0.3, -0.25) is 0 Å². The van der Waals surface area contributed by atoms with Crippen LogP contribution in [-0.4, -0.2) is 18.7 Å². The van der Waals surface area contributed by atoms with Crippen molar-refractivity contribution in [2.24, 2.45) is 0 Å². The van der Waals surface area contributed by atoms with E-state index in [2.05, 4.69) is 4.74 Å². The number of hydrogen-bond acceptors (Lipinski definition) is 2. The molecule has 0 heterocycles. The Morgan fingerprint density at radius 3 is 2.60 bits per heavy atom. The van der Waals surface area contributed by atoms with Gasteiger partial charge >= 0.3 is 5.97 Å². The molecule has 3 heteroatoms. The van der Waals surface area contributed by atoms with E-state index < -0.39 is 12.1 Å². The summed E-state index contributed by atoms with van der Waals surface area (Å²) in [4.78, 5) is 10.5. The third-order valence-corrected chi connectivity index (χ3v) is 1.06. The van der Waals surface area contributed by atoms with Gasteiger partial charge in [0.2, 0.25) is 0 Å². The zero-order valence-electron chi connectivity index (χ0n) is 6.39. The highest BCUT2D eigenvalue weighted by molar-refractivity contribution is 5.74. The van der Waals surface area contributed by atoms with Crippen molar-refractivity contribution in [2.45, 2.75) is 32.9 Å². The SMILES string of the molecule is CCCOC(=O)C(F)CC. The molecule has 0 fully saturated rings. The molecule has 0 aromatic rings. The minimum Gasteiger partial charge on any atom is -0.464 e. The topological polar surface area (TPSA) is 26.3 Å². The highest BCUT2D eigenvalue weighted by atomic mass is 19.1. The van der Waals surface area contributed by atoms with Crippen molar-refractivity contribution >= 4 is 5.97 Å². The van der Waals surface area contributed by atoms with Crippen LogP contribution in [0.3, 0.4) is 0 Å². The summed E-state index contributed by atoms with van der Waals surface area (Å²) in [6, 6.07) is 0. The van der Waals surface area contributed by atoms with E-state index in [4.69, 9.17) is 0 Å². The largest absolute Gasteiger partial charge is 0.464 e. The van der Waals surface area contributed by atoms with Crippen molar-refractivity contribution in [2.75, 3.05) is 6.61 Å². The Labute approximate surface area is 60.4 Å². The molecule has 0 aliphatic carbocycles. The lowest BCUT2D eigenvalue weighted by atomic mass is 10.3. The highest BCUT2D eigenvalue weighted by Crippen LogP contribution is 1.99. The second-order valence-electron chi connectivity index (χ2n) is 2.04. The molecule has 0 spiro atoms. The van der Waals surface area contributed by atoms with Gasteiger partial charge in [0.25, 0.3) is 0 Å². The van der Waals surface area contributed by atoms with Crippen molar-refractivity contribution in [3.8, 4) is 0 Å². The minimum atomic E-state index is -1.44. The second kappa shape index (κ2) is 5.21. The molecular formula is C7H13FO2. The number of rotatable bonds is 4. The zero-order valence-corrected chi connectivity index (χ0v) is 6.39. The van der Waals surface area contributed by atoms with Crippen molar-refractivity contribution in [3.63, 3.8) is 0 Å². The third kappa shape index (κ3) is 3.43. The Kier molecular flexibility index (Phi) is 4.89. The molecule has 0 bridgehead atoms. The molecule has 2 nitrogen and oxygen atoms in total. The Balaban J connectivity index is 3.42. The van der Waals surface area contributed by atoms with Crippen LogP contribution in [0, 0.1) is 0 Å². The van der Waals surface area contributed by atoms with Gasteiger partial charge in [-0.15, -0.1) is 0 Å². The van der Waals surface area contributed by atoms with Crippen molar-refractivity contribution in [1.29, 1.82) is 0 Å². The van der Waals surface area contributed by atoms with Gasteiger partial charge in [-0.2, -0.15) is 0 Å². The number of esters is 1. The van der Waals surface area contributed by atoms with E-state index in [1.54, 1.807) is 6.92 Å². The summed E-state index contributed by atoms with van der Waals surface area (Å²) in [5.74, 6) is -0.732. The smallest absolute Gasteiger partial charge is 0.340 e. The minimum absolute atomic E-state index is 0.197. The Bertz CT molecular complexity index is 104. The molecule has 1 unspecified atom stereocenters.